The molecule has 174 valence electrons. The number of nitrogens with zero attached hydrogens (tertiary/aromatic N) is 3. The number of aromatic nitrogens is 3. The van der Waals surface area contributed by atoms with Crippen LogP contribution >= 0.6 is 0 Å². The topological polar surface area (TPSA) is 87.5 Å². The highest BCUT2D eigenvalue weighted by Crippen LogP contribution is 2.35. The lowest BCUT2D eigenvalue weighted by Crippen LogP contribution is -2.23. The predicted octanol–water partition coefficient (Wildman–Crippen LogP) is 4.28. The standard InChI is InChI=1S/C26H26N4O4/c1-4-34-26-18(9-8-14-27-26)16-28-25(31)22-17-30(19-10-6-5-7-11-19)29-24(22)21-15-20(32-2)12-13-23(21)33-3/h5-15,17H,4,16H2,1-3H3,(H,28,31). The second-order valence-corrected chi connectivity index (χ2v) is 7.32. The third-order valence-corrected chi connectivity index (χ3v) is 5.21. The van der Waals surface area contributed by atoms with Crippen molar-refractivity contribution in [2.75, 3.05) is 20.8 Å². The van der Waals surface area contributed by atoms with Gasteiger partial charge in [0.1, 0.15) is 17.2 Å². The van der Waals surface area contributed by atoms with E-state index in [9.17, 15) is 4.79 Å². The van der Waals surface area contributed by atoms with Crippen molar-refractivity contribution >= 4 is 5.91 Å². The van der Waals surface area contributed by atoms with Gasteiger partial charge in [-0.25, -0.2) is 9.67 Å². The van der Waals surface area contributed by atoms with Crippen molar-refractivity contribution in [2.24, 2.45) is 0 Å². The van der Waals surface area contributed by atoms with E-state index < -0.39 is 0 Å². The lowest BCUT2D eigenvalue weighted by Gasteiger charge is -2.11. The number of hydrogen-bond donors (Lipinski definition) is 1. The van der Waals surface area contributed by atoms with E-state index in [1.807, 2.05) is 55.5 Å². The molecule has 0 saturated carbocycles. The second kappa shape index (κ2) is 10.5. The van der Waals surface area contributed by atoms with Crippen molar-refractivity contribution < 1.29 is 19.0 Å². The summed E-state index contributed by atoms with van der Waals surface area (Å²) in [4.78, 5) is 17.6. The second-order valence-electron chi connectivity index (χ2n) is 7.32. The Morgan fingerprint density at radius 1 is 1.03 bits per heavy atom. The number of carbonyl (C=O) groups is 1. The molecule has 0 atom stereocenters. The van der Waals surface area contributed by atoms with E-state index in [0.717, 1.165) is 11.3 Å². The van der Waals surface area contributed by atoms with Gasteiger partial charge < -0.3 is 19.5 Å². The molecule has 1 amide bonds. The minimum Gasteiger partial charge on any atom is -0.497 e. The molecule has 2 aromatic carbocycles. The van der Waals surface area contributed by atoms with Crippen LogP contribution < -0.4 is 19.5 Å². The number of methoxy groups -OCH3 is 2. The first-order chi connectivity index (χ1) is 16.6. The van der Waals surface area contributed by atoms with Crippen molar-refractivity contribution in [3.05, 3.63) is 84.2 Å². The zero-order chi connectivity index (χ0) is 23.9. The van der Waals surface area contributed by atoms with E-state index >= 15 is 0 Å². The molecule has 4 rings (SSSR count). The molecule has 0 unspecified atom stereocenters. The number of benzene rings is 2. The molecule has 34 heavy (non-hydrogen) atoms. The quantitative estimate of drug-likeness (QED) is 0.403. The summed E-state index contributed by atoms with van der Waals surface area (Å²) in [5.74, 6) is 1.43. The van der Waals surface area contributed by atoms with Crippen LogP contribution in [0, 0.1) is 0 Å². The van der Waals surface area contributed by atoms with Crippen LogP contribution in [0.2, 0.25) is 0 Å². The first kappa shape index (κ1) is 22.8. The van der Waals surface area contributed by atoms with Crippen LogP contribution in [0.5, 0.6) is 17.4 Å². The molecule has 0 spiro atoms. The molecule has 0 saturated heterocycles. The Balaban J connectivity index is 1.73. The van der Waals surface area contributed by atoms with Gasteiger partial charge in [0.2, 0.25) is 5.88 Å². The van der Waals surface area contributed by atoms with Gasteiger partial charge in [0, 0.05) is 30.1 Å². The van der Waals surface area contributed by atoms with E-state index in [-0.39, 0.29) is 12.5 Å². The van der Waals surface area contributed by atoms with Crippen LogP contribution in [0.3, 0.4) is 0 Å². The third kappa shape index (κ3) is 4.85. The van der Waals surface area contributed by atoms with Gasteiger partial charge in [-0.3, -0.25) is 4.79 Å². The van der Waals surface area contributed by atoms with Gasteiger partial charge in [0.15, 0.2) is 0 Å². The number of carbonyl (C=O) groups excluding carboxylic acids is 1. The maximum absolute atomic E-state index is 13.4. The largest absolute Gasteiger partial charge is 0.497 e. The van der Waals surface area contributed by atoms with E-state index in [1.54, 1.807) is 43.4 Å². The van der Waals surface area contributed by atoms with Crippen molar-refractivity contribution in [2.45, 2.75) is 13.5 Å². The molecule has 0 bridgehead atoms. The molecule has 2 heterocycles. The minimum atomic E-state index is -0.284. The van der Waals surface area contributed by atoms with Crippen LogP contribution in [0.4, 0.5) is 0 Å². The molecule has 0 aliphatic heterocycles. The molecular weight excluding hydrogens is 432 g/mol. The van der Waals surface area contributed by atoms with E-state index in [4.69, 9.17) is 19.3 Å². The Labute approximate surface area is 198 Å². The van der Waals surface area contributed by atoms with Gasteiger partial charge in [-0.05, 0) is 43.3 Å². The van der Waals surface area contributed by atoms with Gasteiger partial charge >= 0.3 is 0 Å². The summed E-state index contributed by atoms with van der Waals surface area (Å²) in [5.41, 5.74) is 3.15. The highest BCUT2D eigenvalue weighted by Gasteiger charge is 2.22. The third-order valence-electron chi connectivity index (χ3n) is 5.21. The number of rotatable bonds is 9. The van der Waals surface area contributed by atoms with Gasteiger partial charge in [0.25, 0.3) is 5.91 Å². The first-order valence-corrected chi connectivity index (χ1v) is 10.9. The molecule has 4 aromatic rings. The number of nitrogens with one attached hydrogen (secondary N) is 1. The summed E-state index contributed by atoms with van der Waals surface area (Å²) in [6, 6.07) is 18.7. The average molecular weight is 459 g/mol. The van der Waals surface area contributed by atoms with Gasteiger partial charge in [-0.2, -0.15) is 5.10 Å². The molecule has 0 aliphatic carbocycles. The smallest absolute Gasteiger partial charge is 0.255 e. The number of amides is 1. The van der Waals surface area contributed by atoms with Crippen molar-refractivity contribution in [1.82, 2.24) is 20.1 Å². The Morgan fingerprint density at radius 3 is 2.59 bits per heavy atom. The SMILES string of the molecule is CCOc1ncccc1CNC(=O)c1cn(-c2ccccc2)nc1-c1cc(OC)ccc1OC. The summed E-state index contributed by atoms with van der Waals surface area (Å²) < 4.78 is 18.2. The summed E-state index contributed by atoms with van der Waals surface area (Å²) in [5, 5.41) is 7.71. The van der Waals surface area contributed by atoms with Crippen LogP contribution in [-0.2, 0) is 6.54 Å². The molecule has 0 aliphatic rings. The number of hydrogen-bond acceptors (Lipinski definition) is 6. The Morgan fingerprint density at radius 2 is 1.85 bits per heavy atom. The van der Waals surface area contributed by atoms with Crippen LogP contribution in [-0.4, -0.2) is 41.5 Å². The van der Waals surface area contributed by atoms with E-state index in [0.29, 0.717) is 40.8 Å². The molecule has 1 N–H and O–H groups in total. The van der Waals surface area contributed by atoms with Gasteiger partial charge in [-0.1, -0.05) is 24.3 Å². The molecule has 0 radical (unpaired) electrons. The fraction of sp³-hybridized carbons (Fsp3) is 0.192. The lowest BCUT2D eigenvalue weighted by molar-refractivity contribution is 0.0951. The van der Waals surface area contributed by atoms with Crippen LogP contribution in [0.15, 0.2) is 73.1 Å². The van der Waals surface area contributed by atoms with Crippen molar-refractivity contribution in [1.29, 1.82) is 0 Å². The number of pyridine rings is 1. The predicted molar refractivity (Wildman–Crippen MR) is 129 cm³/mol. The Kier molecular flexibility index (Phi) is 7.07. The van der Waals surface area contributed by atoms with Crippen LogP contribution in [0.25, 0.3) is 16.9 Å². The molecular formula is C26H26N4O4. The Bertz CT molecular complexity index is 1270. The normalized spacial score (nSPS) is 10.6. The highest BCUT2D eigenvalue weighted by atomic mass is 16.5. The lowest BCUT2D eigenvalue weighted by atomic mass is 10.1. The minimum absolute atomic E-state index is 0.257. The fourth-order valence-electron chi connectivity index (χ4n) is 3.55. The van der Waals surface area contributed by atoms with Crippen LogP contribution in [0.1, 0.15) is 22.8 Å². The van der Waals surface area contributed by atoms with E-state index in [1.165, 1.54) is 0 Å². The van der Waals surface area contributed by atoms with Gasteiger partial charge in [0.05, 0.1) is 32.1 Å². The van der Waals surface area contributed by atoms with E-state index in [2.05, 4.69) is 10.3 Å². The monoisotopic (exact) mass is 458 g/mol. The zero-order valence-electron chi connectivity index (χ0n) is 19.3. The summed E-state index contributed by atoms with van der Waals surface area (Å²) >= 11 is 0. The van der Waals surface area contributed by atoms with Gasteiger partial charge in [-0.15, -0.1) is 0 Å². The fourth-order valence-corrected chi connectivity index (χ4v) is 3.55. The molecule has 8 heteroatoms. The summed E-state index contributed by atoms with van der Waals surface area (Å²) in [7, 11) is 3.17. The number of ether oxygens (including phenoxy) is 3. The molecule has 0 fully saturated rings. The Hall–Kier alpha value is -4.33. The summed E-state index contributed by atoms with van der Waals surface area (Å²) in [6.45, 7) is 2.64. The maximum Gasteiger partial charge on any atom is 0.255 e. The molecule has 2 aromatic heterocycles. The molecule has 8 nitrogen and oxygen atoms in total. The highest BCUT2D eigenvalue weighted by molar-refractivity contribution is 6.00. The zero-order valence-corrected chi connectivity index (χ0v) is 19.3. The maximum atomic E-state index is 13.4. The van der Waals surface area contributed by atoms with Crippen molar-refractivity contribution in [3.8, 4) is 34.3 Å². The number of para-hydroxylation sites is 1. The first-order valence-electron chi connectivity index (χ1n) is 10.9. The average Bonchev–Trinajstić information content (AvgIpc) is 3.34. The van der Waals surface area contributed by atoms with Crippen molar-refractivity contribution in [3.63, 3.8) is 0 Å². The summed E-state index contributed by atoms with van der Waals surface area (Å²) in [6.07, 6.45) is 3.37.